The molecule has 0 radical (unpaired) electrons. The Hall–Kier alpha value is -3.09. The topological polar surface area (TPSA) is 65.1 Å². The number of hydrogen-bond donors (Lipinski definition) is 0. The lowest BCUT2D eigenvalue weighted by Crippen LogP contribution is -2.37. The van der Waals surface area contributed by atoms with Gasteiger partial charge in [-0.25, -0.2) is 4.39 Å². The Bertz CT molecular complexity index is 870. The molecule has 1 atom stereocenters. The van der Waals surface area contributed by atoms with Crippen LogP contribution in [0.3, 0.4) is 0 Å². The number of hydrogen-bond acceptors (Lipinski definition) is 5. The van der Waals surface area contributed by atoms with Crippen molar-refractivity contribution in [3.8, 4) is 11.5 Å². The zero-order chi connectivity index (χ0) is 20.1. The molecule has 1 amide bonds. The molecule has 2 aromatic rings. The van der Waals surface area contributed by atoms with Gasteiger partial charge in [0.05, 0.1) is 6.42 Å². The van der Waals surface area contributed by atoms with Crippen LogP contribution in [0.5, 0.6) is 11.5 Å². The zero-order valence-electron chi connectivity index (χ0n) is 15.8. The Labute approximate surface area is 162 Å². The fourth-order valence-corrected chi connectivity index (χ4v) is 2.95. The van der Waals surface area contributed by atoms with Crippen molar-refractivity contribution in [1.29, 1.82) is 0 Å². The number of halogens is 1. The minimum atomic E-state index is -0.941. The van der Waals surface area contributed by atoms with E-state index in [4.69, 9.17) is 14.2 Å². The van der Waals surface area contributed by atoms with Crippen molar-refractivity contribution < 1.29 is 28.2 Å². The summed E-state index contributed by atoms with van der Waals surface area (Å²) in [5.74, 6) is -0.00453. The Morgan fingerprint density at radius 3 is 2.61 bits per heavy atom. The largest absolute Gasteiger partial charge is 0.486 e. The predicted molar refractivity (Wildman–Crippen MR) is 99.6 cm³/mol. The van der Waals surface area contributed by atoms with Crippen molar-refractivity contribution in [2.24, 2.45) is 0 Å². The highest BCUT2D eigenvalue weighted by Crippen LogP contribution is 2.30. The maximum atomic E-state index is 13.3. The fraction of sp³-hybridized carbons (Fsp3) is 0.333. The average molecular weight is 387 g/mol. The van der Waals surface area contributed by atoms with Gasteiger partial charge in [0.25, 0.3) is 5.91 Å². The number of esters is 1. The SMILES string of the molecule is CC(OC(=O)Cc1ccc2c(c1)OCCO2)C(=O)N(C)Cc1cccc(F)c1. The molecule has 28 heavy (non-hydrogen) atoms. The normalized spacial score (nSPS) is 13.5. The van der Waals surface area contributed by atoms with Gasteiger partial charge in [0.1, 0.15) is 19.0 Å². The Balaban J connectivity index is 1.53. The summed E-state index contributed by atoms with van der Waals surface area (Å²) >= 11 is 0. The van der Waals surface area contributed by atoms with E-state index in [1.165, 1.54) is 24.0 Å². The van der Waals surface area contributed by atoms with Crippen molar-refractivity contribution in [1.82, 2.24) is 4.90 Å². The van der Waals surface area contributed by atoms with Gasteiger partial charge in [0.15, 0.2) is 17.6 Å². The number of benzene rings is 2. The van der Waals surface area contributed by atoms with Gasteiger partial charge in [0, 0.05) is 13.6 Å². The molecule has 0 bridgehead atoms. The molecule has 1 heterocycles. The van der Waals surface area contributed by atoms with Gasteiger partial charge < -0.3 is 19.1 Å². The number of carbonyl (C=O) groups excluding carboxylic acids is 2. The second-order valence-corrected chi connectivity index (χ2v) is 6.61. The summed E-state index contributed by atoms with van der Waals surface area (Å²) in [5, 5.41) is 0. The zero-order valence-corrected chi connectivity index (χ0v) is 15.8. The van der Waals surface area contributed by atoms with E-state index in [1.807, 2.05) is 0 Å². The third-order valence-electron chi connectivity index (χ3n) is 4.30. The second-order valence-electron chi connectivity index (χ2n) is 6.61. The van der Waals surface area contributed by atoms with Gasteiger partial charge in [-0.3, -0.25) is 9.59 Å². The summed E-state index contributed by atoms with van der Waals surface area (Å²) in [6.45, 7) is 2.70. The molecule has 0 aliphatic carbocycles. The van der Waals surface area contributed by atoms with E-state index in [1.54, 1.807) is 37.4 Å². The Morgan fingerprint density at radius 1 is 1.11 bits per heavy atom. The molecule has 148 valence electrons. The number of carbonyl (C=O) groups is 2. The van der Waals surface area contributed by atoms with Gasteiger partial charge in [-0.05, 0) is 42.3 Å². The average Bonchev–Trinajstić information content (AvgIpc) is 2.67. The van der Waals surface area contributed by atoms with E-state index in [9.17, 15) is 14.0 Å². The van der Waals surface area contributed by atoms with Crippen LogP contribution in [0.15, 0.2) is 42.5 Å². The number of nitrogens with zero attached hydrogens (tertiary/aromatic N) is 1. The van der Waals surface area contributed by atoms with Crippen LogP contribution in [0, 0.1) is 5.82 Å². The van der Waals surface area contributed by atoms with Crippen molar-refractivity contribution in [3.05, 3.63) is 59.4 Å². The summed E-state index contributed by atoms with van der Waals surface area (Å²) < 4.78 is 29.5. The van der Waals surface area contributed by atoms with Crippen LogP contribution in [-0.2, 0) is 27.3 Å². The maximum Gasteiger partial charge on any atom is 0.311 e. The van der Waals surface area contributed by atoms with Crippen molar-refractivity contribution in [2.45, 2.75) is 26.0 Å². The third-order valence-corrected chi connectivity index (χ3v) is 4.30. The molecular formula is C21H22FNO5. The summed E-state index contributed by atoms with van der Waals surface area (Å²) in [5.41, 5.74) is 1.37. The summed E-state index contributed by atoms with van der Waals surface area (Å²) in [6.07, 6.45) is -0.926. The molecule has 0 saturated heterocycles. The molecule has 0 N–H and O–H groups in total. The van der Waals surface area contributed by atoms with Crippen LogP contribution in [0.1, 0.15) is 18.1 Å². The van der Waals surface area contributed by atoms with Crippen LogP contribution >= 0.6 is 0 Å². The van der Waals surface area contributed by atoms with Gasteiger partial charge in [0.2, 0.25) is 0 Å². The summed E-state index contributed by atoms with van der Waals surface area (Å²) in [7, 11) is 1.58. The number of rotatable bonds is 6. The molecule has 7 heteroatoms. The van der Waals surface area contributed by atoms with Crippen LogP contribution < -0.4 is 9.47 Å². The molecule has 2 aromatic carbocycles. The predicted octanol–water partition coefficient (Wildman–Crippen LogP) is 2.73. The number of amides is 1. The molecule has 0 saturated carbocycles. The molecule has 6 nitrogen and oxygen atoms in total. The molecule has 0 spiro atoms. The van der Waals surface area contributed by atoms with E-state index in [0.29, 0.717) is 35.8 Å². The molecular weight excluding hydrogens is 365 g/mol. The first kappa shape index (κ1) is 19.7. The molecule has 0 aromatic heterocycles. The summed E-state index contributed by atoms with van der Waals surface area (Å²) in [6, 6.07) is 11.3. The molecule has 3 rings (SSSR count). The molecule has 0 fully saturated rings. The number of likely N-dealkylation sites (N-methyl/N-ethyl adjacent to an activating group) is 1. The standard InChI is InChI=1S/C21H22FNO5/c1-14(21(25)23(2)13-16-4-3-5-17(22)10-16)28-20(24)12-15-6-7-18-19(11-15)27-9-8-26-18/h3-7,10-11,14H,8-9,12-13H2,1-2H3. The minimum Gasteiger partial charge on any atom is -0.486 e. The molecule has 1 aliphatic rings. The number of fused-ring (bicyclic) bond motifs is 1. The Morgan fingerprint density at radius 2 is 1.86 bits per heavy atom. The van der Waals surface area contributed by atoms with Crippen LogP contribution in [0.4, 0.5) is 4.39 Å². The lowest BCUT2D eigenvalue weighted by atomic mass is 10.1. The first-order chi connectivity index (χ1) is 13.4. The maximum absolute atomic E-state index is 13.3. The second kappa shape index (κ2) is 8.73. The highest BCUT2D eigenvalue weighted by atomic mass is 19.1. The Kier molecular flexibility index (Phi) is 6.13. The molecule has 1 aliphatic heterocycles. The van der Waals surface area contributed by atoms with E-state index < -0.39 is 12.1 Å². The van der Waals surface area contributed by atoms with Crippen LogP contribution in [-0.4, -0.2) is 43.1 Å². The van der Waals surface area contributed by atoms with E-state index in [2.05, 4.69) is 0 Å². The summed E-state index contributed by atoms with van der Waals surface area (Å²) in [4.78, 5) is 26.0. The van der Waals surface area contributed by atoms with Crippen molar-refractivity contribution in [2.75, 3.05) is 20.3 Å². The highest BCUT2D eigenvalue weighted by Gasteiger charge is 2.22. The van der Waals surface area contributed by atoms with Gasteiger partial charge in [-0.15, -0.1) is 0 Å². The van der Waals surface area contributed by atoms with Gasteiger partial charge in [-0.1, -0.05) is 18.2 Å². The quantitative estimate of drug-likeness (QED) is 0.713. The van der Waals surface area contributed by atoms with Crippen molar-refractivity contribution in [3.63, 3.8) is 0 Å². The first-order valence-corrected chi connectivity index (χ1v) is 9.00. The van der Waals surface area contributed by atoms with Gasteiger partial charge in [-0.2, -0.15) is 0 Å². The first-order valence-electron chi connectivity index (χ1n) is 9.00. The van der Waals surface area contributed by atoms with E-state index in [0.717, 1.165) is 0 Å². The smallest absolute Gasteiger partial charge is 0.311 e. The van der Waals surface area contributed by atoms with Crippen LogP contribution in [0.2, 0.25) is 0 Å². The third kappa shape index (κ3) is 5.00. The highest BCUT2D eigenvalue weighted by molar-refractivity contribution is 5.83. The monoisotopic (exact) mass is 387 g/mol. The van der Waals surface area contributed by atoms with Crippen LogP contribution in [0.25, 0.3) is 0 Å². The molecule has 1 unspecified atom stereocenters. The lowest BCUT2D eigenvalue weighted by Gasteiger charge is -2.22. The minimum absolute atomic E-state index is 0.0157. The van der Waals surface area contributed by atoms with Gasteiger partial charge >= 0.3 is 5.97 Å². The fourth-order valence-electron chi connectivity index (χ4n) is 2.95. The van der Waals surface area contributed by atoms with Crippen molar-refractivity contribution >= 4 is 11.9 Å². The van der Waals surface area contributed by atoms with E-state index >= 15 is 0 Å². The lowest BCUT2D eigenvalue weighted by molar-refractivity contribution is -0.158. The van der Waals surface area contributed by atoms with E-state index in [-0.39, 0.29) is 24.7 Å². The number of ether oxygens (including phenoxy) is 3.